The molecule has 11 heteroatoms. The van der Waals surface area contributed by atoms with Gasteiger partial charge in [-0.05, 0) is 48.5 Å². The van der Waals surface area contributed by atoms with Crippen LogP contribution < -0.4 is 10.1 Å². The van der Waals surface area contributed by atoms with Crippen LogP contribution in [0.2, 0.25) is 0 Å². The Hall–Kier alpha value is -4.02. The van der Waals surface area contributed by atoms with Crippen molar-refractivity contribution < 1.29 is 31.5 Å². The number of hydrogen-bond donors (Lipinski definition) is 1. The molecule has 2 aromatic heterocycles. The fraction of sp³-hybridized carbons (Fsp3) is 0.136. The molecule has 4 rings (SSSR count). The van der Waals surface area contributed by atoms with Gasteiger partial charge in [-0.1, -0.05) is 6.07 Å². The second-order valence-electron chi connectivity index (χ2n) is 6.92. The van der Waals surface area contributed by atoms with E-state index in [0.29, 0.717) is 11.3 Å². The van der Waals surface area contributed by atoms with Crippen LogP contribution in [0.15, 0.2) is 60.8 Å². The Kier molecular flexibility index (Phi) is 5.71. The van der Waals surface area contributed by atoms with Crippen molar-refractivity contribution in [3.8, 4) is 17.0 Å². The van der Waals surface area contributed by atoms with Gasteiger partial charge in [0.05, 0.1) is 24.6 Å². The zero-order chi connectivity index (χ0) is 23.8. The lowest BCUT2D eigenvalue weighted by Gasteiger charge is -2.10. The Bertz CT molecular complexity index is 1320. The van der Waals surface area contributed by atoms with Gasteiger partial charge >= 0.3 is 6.18 Å². The number of hydrogen-bond acceptors (Lipinski definition) is 4. The molecule has 1 amide bonds. The van der Waals surface area contributed by atoms with Gasteiger partial charge in [0.15, 0.2) is 5.65 Å². The summed E-state index contributed by atoms with van der Waals surface area (Å²) in [5.74, 6) is -0.289. The Morgan fingerprint density at radius 3 is 2.45 bits per heavy atom. The summed E-state index contributed by atoms with van der Waals surface area (Å²) in [5, 5.41) is 6.17. The number of rotatable bonds is 5. The largest absolute Gasteiger partial charge is 0.497 e. The molecule has 0 saturated heterocycles. The lowest BCUT2D eigenvalue weighted by molar-refractivity contribution is -0.137. The first-order valence-electron chi connectivity index (χ1n) is 9.47. The van der Waals surface area contributed by atoms with Gasteiger partial charge in [-0.25, -0.2) is 18.3 Å². The van der Waals surface area contributed by atoms with Crippen LogP contribution in [0.3, 0.4) is 0 Å². The molecule has 0 radical (unpaired) electrons. The third-order valence-corrected chi connectivity index (χ3v) is 4.80. The Labute approximate surface area is 183 Å². The van der Waals surface area contributed by atoms with Gasteiger partial charge < -0.3 is 10.1 Å². The first kappa shape index (κ1) is 22.2. The minimum atomic E-state index is -4.59. The summed E-state index contributed by atoms with van der Waals surface area (Å²) in [5.41, 5.74) is -1.24. The summed E-state index contributed by atoms with van der Waals surface area (Å²) in [6.45, 7) is 0. The second kappa shape index (κ2) is 8.49. The van der Waals surface area contributed by atoms with Crippen molar-refractivity contribution in [2.45, 2.75) is 12.6 Å². The number of carbonyl (C=O) groups excluding carboxylic acids is 1. The van der Waals surface area contributed by atoms with E-state index in [1.165, 1.54) is 13.2 Å². The van der Waals surface area contributed by atoms with Crippen LogP contribution in [-0.2, 0) is 6.18 Å². The number of nitrogens with zero attached hydrogens (tertiary/aromatic N) is 3. The first-order chi connectivity index (χ1) is 15.7. The molecule has 2 aromatic carbocycles. The zero-order valence-corrected chi connectivity index (χ0v) is 16.9. The van der Waals surface area contributed by atoms with E-state index in [9.17, 15) is 26.7 Å². The SMILES string of the molecule is COc1ccc(-c2cc(C(F)F)n3ncc(C(=O)Nc4cccc(C(F)(F)F)c4)c3n2)cc1. The van der Waals surface area contributed by atoms with Gasteiger partial charge in [0.25, 0.3) is 12.3 Å². The Morgan fingerprint density at radius 2 is 1.82 bits per heavy atom. The molecule has 0 bridgehead atoms. The van der Waals surface area contributed by atoms with Crippen LogP contribution in [0.25, 0.3) is 16.9 Å². The maximum atomic E-state index is 13.7. The van der Waals surface area contributed by atoms with Crippen molar-refractivity contribution in [1.82, 2.24) is 14.6 Å². The van der Waals surface area contributed by atoms with Crippen molar-refractivity contribution in [3.63, 3.8) is 0 Å². The van der Waals surface area contributed by atoms with Crippen LogP contribution in [0.1, 0.15) is 28.0 Å². The number of anilines is 1. The van der Waals surface area contributed by atoms with E-state index in [-0.39, 0.29) is 22.6 Å². The predicted molar refractivity (Wildman–Crippen MR) is 109 cm³/mol. The molecule has 0 aliphatic rings. The van der Waals surface area contributed by atoms with Crippen molar-refractivity contribution in [1.29, 1.82) is 0 Å². The van der Waals surface area contributed by atoms with Gasteiger partial charge in [0.2, 0.25) is 0 Å². The molecular weight excluding hydrogens is 447 g/mol. The summed E-state index contributed by atoms with van der Waals surface area (Å²) < 4.78 is 72.2. The lowest BCUT2D eigenvalue weighted by atomic mass is 10.1. The number of carbonyl (C=O) groups is 1. The molecule has 0 saturated carbocycles. The molecule has 0 unspecified atom stereocenters. The van der Waals surface area contributed by atoms with Gasteiger partial charge in [-0.15, -0.1) is 0 Å². The van der Waals surface area contributed by atoms with Crippen molar-refractivity contribution in [3.05, 3.63) is 77.6 Å². The minimum Gasteiger partial charge on any atom is -0.497 e. The summed E-state index contributed by atoms with van der Waals surface area (Å²) >= 11 is 0. The highest BCUT2D eigenvalue weighted by Gasteiger charge is 2.30. The van der Waals surface area contributed by atoms with Crippen LogP contribution >= 0.6 is 0 Å². The monoisotopic (exact) mass is 462 g/mol. The van der Waals surface area contributed by atoms with E-state index in [0.717, 1.165) is 35.0 Å². The topological polar surface area (TPSA) is 68.5 Å². The smallest absolute Gasteiger partial charge is 0.416 e. The zero-order valence-electron chi connectivity index (χ0n) is 16.9. The molecule has 0 spiro atoms. The molecule has 2 heterocycles. The fourth-order valence-electron chi connectivity index (χ4n) is 3.18. The molecule has 1 N–H and O–H groups in total. The van der Waals surface area contributed by atoms with Gasteiger partial charge in [0, 0.05) is 11.3 Å². The van der Waals surface area contributed by atoms with E-state index in [2.05, 4.69) is 15.4 Å². The van der Waals surface area contributed by atoms with Crippen LogP contribution in [0.5, 0.6) is 5.75 Å². The van der Waals surface area contributed by atoms with Crippen LogP contribution in [0, 0.1) is 0 Å². The number of fused-ring (bicyclic) bond motifs is 1. The highest BCUT2D eigenvalue weighted by Crippen LogP contribution is 2.31. The van der Waals surface area contributed by atoms with Gasteiger partial charge in [-0.3, -0.25) is 4.79 Å². The number of ether oxygens (including phenoxy) is 1. The molecule has 0 atom stereocenters. The maximum absolute atomic E-state index is 13.7. The summed E-state index contributed by atoms with van der Waals surface area (Å²) in [7, 11) is 1.48. The van der Waals surface area contributed by atoms with E-state index in [4.69, 9.17) is 4.74 Å². The minimum absolute atomic E-state index is 0.116. The molecule has 4 aromatic rings. The molecule has 0 aliphatic carbocycles. The maximum Gasteiger partial charge on any atom is 0.416 e. The van der Waals surface area contributed by atoms with Gasteiger partial charge in [-0.2, -0.15) is 18.3 Å². The fourth-order valence-corrected chi connectivity index (χ4v) is 3.18. The van der Waals surface area contributed by atoms with Crippen molar-refractivity contribution in [2.75, 3.05) is 12.4 Å². The highest BCUT2D eigenvalue weighted by molar-refractivity contribution is 6.08. The Balaban J connectivity index is 1.75. The summed E-state index contributed by atoms with van der Waals surface area (Å²) in [6.07, 6.45) is -6.48. The quantitative estimate of drug-likeness (QED) is 0.392. The first-order valence-corrected chi connectivity index (χ1v) is 9.47. The molecule has 0 fully saturated rings. The molecular formula is C22H15F5N4O2. The van der Waals surface area contributed by atoms with Crippen LogP contribution in [-0.4, -0.2) is 27.6 Å². The Morgan fingerprint density at radius 1 is 1.09 bits per heavy atom. The number of benzene rings is 2. The standard InChI is InChI=1S/C22H15F5N4O2/c1-33-15-7-5-12(6-8-15)17-10-18(19(23)24)31-20(30-17)16(11-28-31)21(32)29-14-4-2-3-13(9-14)22(25,26)27/h2-11,19H,1H3,(H,29,32). The van der Waals surface area contributed by atoms with E-state index >= 15 is 0 Å². The van der Waals surface area contributed by atoms with E-state index < -0.39 is 29.8 Å². The average Bonchev–Trinajstić information content (AvgIpc) is 3.22. The molecule has 0 aliphatic heterocycles. The number of amides is 1. The summed E-state index contributed by atoms with van der Waals surface area (Å²) in [6, 6.07) is 11.7. The molecule has 170 valence electrons. The second-order valence-corrected chi connectivity index (χ2v) is 6.92. The number of methoxy groups -OCH3 is 1. The van der Waals surface area contributed by atoms with Crippen molar-refractivity contribution >= 4 is 17.2 Å². The summed E-state index contributed by atoms with van der Waals surface area (Å²) in [4.78, 5) is 17.1. The van der Waals surface area contributed by atoms with Gasteiger partial charge in [0.1, 0.15) is 17.0 Å². The van der Waals surface area contributed by atoms with E-state index in [1.54, 1.807) is 24.3 Å². The lowest BCUT2D eigenvalue weighted by Crippen LogP contribution is -2.14. The number of nitrogens with one attached hydrogen (secondary N) is 1. The van der Waals surface area contributed by atoms with Crippen LogP contribution in [0.4, 0.5) is 27.6 Å². The van der Waals surface area contributed by atoms with Crippen molar-refractivity contribution in [2.24, 2.45) is 0 Å². The molecule has 6 nitrogen and oxygen atoms in total. The third-order valence-electron chi connectivity index (χ3n) is 4.80. The number of aromatic nitrogens is 3. The predicted octanol–water partition coefficient (Wildman–Crippen LogP) is 5.61. The highest BCUT2D eigenvalue weighted by atomic mass is 19.4. The normalized spacial score (nSPS) is 11.7. The number of halogens is 5. The average molecular weight is 462 g/mol. The van der Waals surface area contributed by atoms with E-state index in [1.807, 2.05) is 0 Å². The number of alkyl halides is 5. The molecule has 33 heavy (non-hydrogen) atoms. The third kappa shape index (κ3) is 4.47.